The molecule has 0 spiro atoms. The highest BCUT2D eigenvalue weighted by Gasteiger charge is 2.17. The number of hydrogen-bond donors (Lipinski definition) is 0. The maximum Gasteiger partial charge on any atom is 0.245 e. The summed E-state index contributed by atoms with van der Waals surface area (Å²) in [5.74, 6) is 0.365. The van der Waals surface area contributed by atoms with Gasteiger partial charge in [-0.05, 0) is 24.3 Å². The highest BCUT2D eigenvalue weighted by atomic mass is 35.5. The molecule has 5 nitrogen and oxygen atoms in total. The van der Waals surface area contributed by atoms with Crippen LogP contribution in [0.2, 0.25) is 5.02 Å². The largest absolute Gasteiger partial charge is 0.245 e. The van der Waals surface area contributed by atoms with Gasteiger partial charge in [0.2, 0.25) is 15.0 Å². The molecular weight excluding hydrogens is 262 g/mol. The summed E-state index contributed by atoms with van der Waals surface area (Å²) in [5.41, 5.74) is 0.722. The van der Waals surface area contributed by atoms with Crippen LogP contribution < -0.4 is 0 Å². The van der Waals surface area contributed by atoms with Gasteiger partial charge >= 0.3 is 0 Å². The molecule has 0 N–H and O–H groups in total. The summed E-state index contributed by atoms with van der Waals surface area (Å²) in [6.07, 6.45) is 1.10. The molecule has 0 unspecified atom stereocenters. The molecule has 0 atom stereocenters. The average Bonchev–Trinajstić information content (AvgIpc) is 2.61. The second kappa shape index (κ2) is 4.12. The number of aryl methyl sites for hydroxylation is 1. The number of halogens is 1. The van der Waals surface area contributed by atoms with Gasteiger partial charge in [-0.15, -0.1) is 0 Å². The van der Waals surface area contributed by atoms with Gasteiger partial charge in [-0.25, -0.2) is 13.1 Å². The Labute approximate surface area is 104 Å². The molecule has 0 fully saturated rings. The Morgan fingerprint density at radius 3 is 2.29 bits per heavy atom. The topological polar surface area (TPSA) is 64.8 Å². The minimum absolute atomic E-state index is 0.0533. The predicted octanol–water partition coefficient (Wildman–Crippen LogP) is 1.54. The maximum absolute atomic E-state index is 11.4. The third kappa shape index (κ3) is 2.48. The van der Waals surface area contributed by atoms with Gasteiger partial charge in [0.05, 0.1) is 0 Å². The van der Waals surface area contributed by atoms with Crippen molar-refractivity contribution in [2.24, 2.45) is 7.05 Å². The average molecular weight is 272 g/mol. The van der Waals surface area contributed by atoms with Crippen molar-refractivity contribution in [1.82, 2.24) is 14.8 Å². The second-order valence-corrected chi connectivity index (χ2v) is 5.97. The zero-order valence-corrected chi connectivity index (χ0v) is 10.8. The summed E-state index contributed by atoms with van der Waals surface area (Å²) in [7, 11) is -1.82. The first-order valence-corrected chi connectivity index (χ1v) is 7.02. The van der Waals surface area contributed by atoms with Crippen LogP contribution in [0.3, 0.4) is 0 Å². The fourth-order valence-electron chi connectivity index (χ4n) is 1.41. The van der Waals surface area contributed by atoms with Crippen LogP contribution in [0.25, 0.3) is 11.4 Å². The van der Waals surface area contributed by atoms with Gasteiger partial charge in [0, 0.05) is 23.9 Å². The molecule has 2 rings (SSSR count). The van der Waals surface area contributed by atoms with E-state index in [4.69, 9.17) is 11.6 Å². The monoisotopic (exact) mass is 271 g/mol. The second-order valence-electron chi connectivity index (χ2n) is 3.62. The number of sulfone groups is 1. The van der Waals surface area contributed by atoms with Gasteiger partial charge in [0.1, 0.15) is 0 Å². The zero-order chi connectivity index (χ0) is 12.6. The quantitative estimate of drug-likeness (QED) is 0.831. The first kappa shape index (κ1) is 12.1. The molecule has 90 valence electrons. The lowest BCUT2D eigenvalue weighted by molar-refractivity contribution is 0.575. The van der Waals surface area contributed by atoms with Gasteiger partial charge in [0.25, 0.3) is 0 Å². The number of nitrogens with zero attached hydrogens (tertiary/aromatic N) is 3. The van der Waals surface area contributed by atoms with E-state index in [0.29, 0.717) is 10.8 Å². The molecule has 2 aromatic rings. The van der Waals surface area contributed by atoms with Crippen molar-refractivity contribution in [2.75, 3.05) is 6.26 Å². The van der Waals surface area contributed by atoms with E-state index in [9.17, 15) is 8.42 Å². The molecule has 0 bridgehead atoms. The van der Waals surface area contributed by atoms with Crippen LogP contribution in [-0.4, -0.2) is 29.4 Å². The lowest BCUT2D eigenvalue weighted by atomic mass is 10.2. The molecular formula is C10H10ClN3O2S. The molecule has 0 aliphatic carbocycles. The molecule has 0 saturated heterocycles. The summed E-state index contributed by atoms with van der Waals surface area (Å²) in [6, 6.07) is 6.88. The third-order valence-electron chi connectivity index (χ3n) is 2.16. The maximum atomic E-state index is 11.4. The Balaban J connectivity index is 2.52. The molecule has 17 heavy (non-hydrogen) atoms. The molecule has 7 heteroatoms. The molecule has 0 radical (unpaired) electrons. The van der Waals surface area contributed by atoms with Crippen LogP contribution in [0.1, 0.15) is 0 Å². The van der Waals surface area contributed by atoms with Crippen LogP contribution in [0.15, 0.2) is 29.4 Å². The fraction of sp³-hybridized carbons (Fsp3) is 0.200. The predicted molar refractivity (Wildman–Crippen MR) is 64.6 cm³/mol. The smallest absolute Gasteiger partial charge is 0.239 e. The first-order valence-electron chi connectivity index (χ1n) is 4.75. The van der Waals surface area contributed by atoms with Crippen LogP contribution >= 0.6 is 11.6 Å². The molecule has 0 saturated carbocycles. The molecule has 1 aromatic carbocycles. The minimum Gasteiger partial charge on any atom is -0.239 e. The summed E-state index contributed by atoms with van der Waals surface area (Å²) >= 11 is 5.77. The van der Waals surface area contributed by atoms with Crippen molar-refractivity contribution in [2.45, 2.75) is 5.16 Å². The van der Waals surface area contributed by atoms with E-state index in [1.54, 1.807) is 31.3 Å². The summed E-state index contributed by atoms with van der Waals surface area (Å²) in [5, 5.41) is 4.61. The van der Waals surface area contributed by atoms with Gasteiger partial charge in [-0.2, -0.15) is 10.1 Å². The lowest BCUT2D eigenvalue weighted by Crippen LogP contribution is -2.06. The first-order chi connectivity index (χ1) is 7.88. The van der Waals surface area contributed by atoms with Crippen LogP contribution in [0.5, 0.6) is 0 Å². The summed E-state index contributed by atoms with van der Waals surface area (Å²) < 4.78 is 24.1. The van der Waals surface area contributed by atoms with Crippen molar-refractivity contribution >= 4 is 21.4 Å². The summed E-state index contributed by atoms with van der Waals surface area (Å²) in [4.78, 5) is 4.00. The number of aromatic nitrogens is 3. The minimum atomic E-state index is -3.37. The van der Waals surface area contributed by atoms with E-state index in [0.717, 1.165) is 11.8 Å². The van der Waals surface area contributed by atoms with Crippen molar-refractivity contribution in [3.05, 3.63) is 29.3 Å². The molecule has 1 aromatic heterocycles. The van der Waals surface area contributed by atoms with Crippen molar-refractivity contribution in [3.63, 3.8) is 0 Å². The van der Waals surface area contributed by atoms with E-state index in [1.807, 2.05) is 0 Å². The Bertz CT molecular complexity index is 647. The number of rotatable bonds is 2. The van der Waals surface area contributed by atoms with E-state index < -0.39 is 9.84 Å². The van der Waals surface area contributed by atoms with Crippen LogP contribution in [0, 0.1) is 0 Å². The Morgan fingerprint density at radius 1 is 1.24 bits per heavy atom. The molecule has 0 aliphatic heterocycles. The van der Waals surface area contributed by atoms with Crippen LogP contribution in [-0.2, 0) is 16.9 Å². The van der Waals surface area contributed by atoms with Gasteiger partial charge in [-0.3, -0.25) is 0 Å². The SMILES string of the molecule is Cn1nc(-c2ccc(Cl)cc2)nc1S(C)(=O)=O. The van der Waals surface area contributed by atoms with E-state index in [-0.39, 0.29) is 5.16 Å². The normalized spacial score (nSPS) is 11.7. The molecule has 1 heterocycles. The van der Waals surface area contributed by atoms with E-state index in [1.165, 1.54) is 4.68 Å². The van der Waals surface area contributed by atoms with Crippen molar-refractivity contribution in [3.8, 4) is 11.4 Å². The number of benzene rings is 1. The standard InChI is InChI=1S/C10H10ClN3O2S/c1-14-10(17(2,15)16)12-9(13-14)7-3-5-8(11)6-4-7/h3-6H,1-2H3. The van der Waals surface area contributed by atoms with Gasteiger partial charge in [-0.1, -0.05) is 11.6 Å². The van der Waals surface area contributed by atoms with Crippen molar-refractivity contribution < 1.29 is 8.42 Å². The van der Waals surface area contributed by atoms with E-state index in [2.05, 4.69) is 10.1 Å². The van der Waals surface area contributed by atoms with Gasteiger partial charge < -0.3 is 0 Å². The summed E-state index contributed by atoms with van der Waals surface area (Å²) in [6.45, 7) is 0. The Hall–Kier alpha value is -1.40. The number of hydrogen-bond acceptors (Lipinski definition) is 4. The highest BCUT2D eigenvalue weighted by molar-refractivity contribution is 7.90. The highest BCUT2D eigenvalue weighted by Crippen LogP contribution is 2.19. The fourth-order valence-corrected chi connectivity index (χ4v) is 2.31. The van der Waals surface area contributed by atoms with Gasteiger partial charge in [0.15, 0.2) is 5.82 Å². The molecule has 0 aliphatic rings. The third-order valence-corrected chi connectivity index (χ3v) is 3.43. The Kier molecular flexibility index (Phi) is 2.92. The van der Waals surface area contributed by atoms with E-state index >= 15 is 0 Å². The molecule has 0 amide bonds. The lowest BCUT2D eigenvalue weighted by Gasteiger charge is -1.93. The zero-order valence-electron chi connectivity index (χ0n) is 9.25. The van der Waals surface area contributed by atoms with Crippen molar-refractivity contribution in [1.29, 1.82) is 0 Å². The van der Waals surface area contributed by atoms with Crippen LogP contribution in [0.4, 0.5) is 0 Å². The Morgan fingerprint density at radius 2 is 1.82 bits per heavy atom.